The van der Waals surface area contributed by atoms with Crippen molar-refractivity contribution in [2.45, 2.75) is 12.8 Å². The molecule has 3 heteroatoms. The van der Waals surface area contributed by atoms with Gasteiger partial charge in [0.2, 0.25) is 0 Å². The van der Waals surface area contributed by atoms with Gasteiger partial charge in [0, 0.05) is 44.2 Å². The van der Waals surface area contributed by atoms with Crippen molar-refractivity contribution >= 4 is 38.8 Å². The van der Waals surface area contributed by atoms with Crippen LogP contribution in [0.4, 0.5) is 0 Å². The zero-order valence-corrected chi connectivity index (χ0v) is 28.7. The van der Waals surface area contributed by atoms with Crippen LogP contribution in [-0.2, 0) is 6.42 Å². The van der Waals surface area contributed by atoms with Crippen molar-refractivity contribution in [2.75, 3.05) is 0 Å². The highest BCUT2D eigenvalue weighted by Gasteiger charge is 2.19. The van der Waals surface area contributed by atoms with Gasteiger partial charge in [0.15, 0.2) is 0 Å². The SMILES string of the molecule is C1=CCCc2c(c3ccc(-c4ccc5c(c4)c4ccccc4n5-c4cc(-c5ccccc5)nc(-c5ccccc5)c4)cc3n2-c2ccccc2)C=C1. The van der Waals surface area contributed by atoms with E-state index in [1.54, 1.807) is 0 Å². The van der Waals surface area contributed by atoms with Crippen LogP contribution >= 0.6 is 0 Å². The highest BCUT2D eigenvalue weighted by atomic mass is 15.0. The molecule has 1 aliphatic rings. The minimum Gasteiger partial charge on any atom is -0.313 e. The van der Waals surface area contributed by atoms with E-state index in [9.17, 15) is 0 Å². The second-order valence-electron chi connectivity index (χ2n) is 13.5. The molecule has 0 fully saturated rings. The molecular formula is C49H35N3. The van der Waals surface area contributed by atoms with Gasteiger partial charge in [0.05, 0.1) is 33.6 Å². The first-order valence-electron chi connectivity index (χ1n) is 18.0. The second-order valence-corrected chi connectivity index (χ2v) is 13.5. The third-order valence-corrected chi connectivity index (χ3v) is 10.4. The van der Waals surface area contributed by atoms with Crippen LogP contribution in [0.15, 0.2) is 182 Å². The van der Waals surface area contributed by atoms with Gasteiger partial charge in [-0.25, -0.2) is 4.98 Å². The Labute approximate surface area is 303 Å². The number of hydrogen-bond donors (Lipinski definition) is 0. The van der Waals surface area contributed by atoms with Gasteiger partial charge < -0.3 is 9.13 Å². The van der Waals surface area contributed by atoms with Crippen LogP contribution in [0.3, 0.4) is 0 Å². The maximum atomic E-state index is 5.16. The van der Waals surface area contributed by atoms with Gasteiger partial charge in [-0.3, -0.25) is 0 Å². The minimum absolute atomic E-state index is 0.953. The van der Waals surface area contributed by atoms with Crippen molar-refractivity contribution in [1.29, 1.82) is 0 Å². The summed E-state index contributed by atoms with van der Waals surface area (Å²) in [5.74, 6) is 0. The van der Waals surface area contributed by atoms with Gasteiger partial charge in [-0.05, 0) is 72.5 Å². The third kappa shape index (κ3) is 5.09. The molecule has 0 saturated heterocycles. The molecule has 246 valence electrons. The Kier molecular flexibility index (Phi) is 7.28. The molecule has 0 N–H and O–H groups in total. The van der Waals surface area contributed by atoms with E-state index >= 15 is 0 Å². The van der Waals surface area contributed by atoms with E-state index in [0.29, 0.717) is 0 Å². The Balaban J connectivity index is 1.17. The summed E-state index contributed by atoms with van der Waals surface area (Å²) < 4.78 is 4.87. The Bertz CT molecular complexity index is 2760. The second kappa shape index (κ2) is 12.6. The van der Waals surface area contributed by atoms with Gasteiger partial charge in [-0.1, -0.05) is 140 Å². The van der Waals surface area contributed by atoms with Crippen LogP contribution in [-0.4, -0.2) is 14.1 Å². The average Bonchev–Trinajstić information content (AvgIpc) is 3.69. The van der Waals surface area contributed by atoms with Crippen LogP contribution in [0, 0.1) is 0 Å². The number of allylic oxidation sites excluding steroid dienone is 3. The van der Waals surface area contributed by atoms with Crippen LogP contribution in [0.25, 0.3) is 83.8 Å². The molecule has 10 rings (SSSR count). The molecule has 52 heavy (non-hydrogen) atoms. The minimum atomic E-state index is 0.953. The monoisotopic (exact) mass is 665 g/mol. The summed E-state index contributed by atoms with van der Waals surface area (Å²) in [5, 5.41) is 3.74. The number of para-hydroxylation sites is 2. The Hall–Kier alpha value is -6.71. The normalized spacial score (nSPS) is 12.7. The summed E-state index contributed by atoms with van der Waals surface area (Å²) in [6.07, 6.45) is 10.9. The zero-order chi connectivity index (χ0) is 34.4. The lowest BCUT2D eigenvalue weighted by Crippen LogP contribution is -2.01. The molecule has 0 spiro atoms. The first kappa shape index (κ1) is 30.1. The van der Waals surface area contributed by atoms with Crippen molar-refractivity contribution in [2.24, 2.45) is 0 Å². The summed E-state index contributed by atoms with van der Waals surface area (Å²) in [6, 6.07) is 58.9. The van der Waals surface area contributed by atoms with Crippen LogP contribution in [0.5, 0.6) is 0 Å². The lowest BCUT2D eigenvalue weighted by atomic mass is 10.00. The third-order valence-electron chi connectivity index (χ3n) is 10.4. The van der Waals surface area contributed by atoms with Crippen LogP contribution in [0.2, 0.25) is 0 Å². The van der Waals surface area contributed by atoms with E-state index in [1.165, 1.54) is 60.8 Å². The highest BCUT2D eigenvalue weighted by molar-refractivity contribution is 6.11. The predicted molar refractivity (Wildman–Crippen MR) is 218 cm³/mol. The molecule has 1 aliphatic carbocycles. The number of hydrogen-bond acceptors (Lipinski definition) is 1. The zero-order valence-electron chi connectivity index (χ0n) is 28.7. The summed E-state index contributed by atoms with van der Waals surface area (Å²) in [7, 11) is 0. The van der Waals surface area contributed by atoms with Gasteiger partial charge in [-0.2, -0.15) is 0 Å². The van der Waals surface area contributed by atoms with E-state index in [2.05, 4.69) is 197 Å². The van der Waals surface area contributed by atoms with E-state index in [0.717, 1.165) is 41.0 Å². The number of pyridine rings is 1. The molecular weight excluding hydrogens is 631 g/mol. The first-order valence-corrected chi connectivity index (χ1v) is 18.0. The van der Waals surface area contributed by atoms with Gasteiger partial charge in [0.1, 0.15) is 0 Å². The number of fused-ring (bicyclic) bond motifs is 6. The quantitative estimate of drug-likeness (QED) is 0.179. The molecule has 0 atom stereocenters. The predicted octanol–water partition coefficient (Wildman–Crippen LogP) is 12.6. The van der Waals surface area contributed by atoms with Gasteiger partial charge >= 0.3 is 0 Å². The van der Waals surface area contributed by atoms with Crippen molar-refractivity contribution < 1.29 is 0 Å². The highest BCUT2D eigenvalue weighted by Crippen LogP contribution is 2.39. The average molecular weight is 666 g/mol. The number of aromatic nitrogens is 3. The number of nitrogens with zero attached hydrogens (tertiary/aromatic N) is 3. The molecule has 3 nitrogen and oxygen atoms in total. The van der Waals surface area contributed by atoms with E-state index in [4.69, 9.17) is 4.98 Å². The molecule has 9 aromatic rings. The van der Waals surface area contributed by atoms with E-state index < -0.39 is 0 Å². The molecule has 6 aromatic carbocycles. The molecule has 0 bridgehead atoms. The fourth-order valence-corrected chi connectivity index (χ4v) is 7.99. The van der Waals surface area contributed by atoms with Crippen molar-refractivity contribution in [1.82, 2.24) is 14.1 Å². The Morgan fingerprint density at radius 1 is 0.423 bits per heavy atom. The smallest absolute Gasteiger partial charge is 0.0730 e. The van der Waals surface area contributed by atoms with Crippen molar-refractivity contribution in [3.63, 3.8) is 0 Å². The topological polar surface area (TPSA) is 22.8 Å². The fourth-order valence-electron chi connectivity index (χ4n) is 7.99. The summed E-state index contributed by atoms with van der Waals surface area (Å²) in [4.78, 5) is 5.16. The molecule has 0 saturated carbocycles. The largest absolute Gasteiger partial charge is 0.313 e. The first-order chi connectivity index (χ1) is 25.8. The molecule has 0 amide bonds. The fraction of sp³-hybridized carbons (Fsp3) is 0.0408. The molecule has 0 unspecified atom stereocenters. The summed E-state index contributed by atoms with van der Waals surface area (Å²) >= 11 is 0. The number of benzene rings is 6. The summed E-state index contributed by atoms with van der Waals surface area (Å²) in [6.45, 7) is 0. The van der Waals surface area contributed by atoms with Crippen LogP contribution in [0.1, 0.15) is 17.7 Å². The maximum absolute atomic E-state index is 5.16. The van der Waals surface area contributed by atoms with E-state index in [1.807, 2.05) is 0 Å². The standard InChI is InChI=1S/C49H35N3/c1-2-13-24-46-40(22-12-1)42-28-26-37(31-49(42)51(46)38-20-10-5-11-21-38)36-27-29-48-43(30-36)41-23-14-15-25-47(41)52(48)39-32-44(34-16-6-3-7-17-34)50-45(33-39)35-18-8-4-9-19-35/h1-12,14-23,25-33H,13,24H2. The van der Waals surface area contributed by atoms with E-state index in [-0.39, 0.29) is 0 Å². The maximum Gasteiger partial charge on any atom is 0.0730 e. The Morgan fingerprint density at radius 2 is 1.06 bits per heavy atom. The van der Waals surface area contributed by atoms with Crippen molar-refractivity contribution in [3.8, 4) is 45.0 Å². The molecule has 3 aromatic heterocycles. The van der Waals surface area contributed by atoms with Gasteiger partial charge in [0.25, 0.3) is 0 Å². The molecule has 3 heterocycles. The Morgan fingerprint density at radius 3 is 1.81 bits per heavy atom. The van der Waals surface area contributed by atoms with Gasteiger partial charge in [-0.15, -0.1) is 0 Å². The van der Waals surface area contributed by atoms with Crippen molar-refractivity contribution in [3.05, 3.63) is 193 Å². The number of rotatable bonds is 5. The lowest BCUT2D eigenvalue weighted by Gasteiger charge is -2.13. The lowest BCUT2D eigenvalue weighted by molar-refractivity contribution is 0.896. The van der Waals surface area contributed by atoms with Crippen LogP contribution < -0.4 is 0 Å². The summed E-state index contributed by atoms with van der Waals surface area (Å²) in [5.41, 5.74) is 15.1. The molecule has 0 aliphatic heterocycles. The molecule has 0 radical (unpaired) electrons.